The Labute approximate surface area is 70.1 Å². The van der Waals surface area contributed by atoms with E-state index in [1.807, 2.05) is 19.1 Å². The van der Waals surface area contributed by atoms with Crippen molar-refractivity contribution in [3.8, 4) is 0 Å². The lowest BCUT2D eigenvalue weighted by Gasteiger charge is -1.92. The highest BCUT2D eigenvalue weighted by Crippen LogP contribution is 1.98. The summed E-state index contributed by atoms with van der Waals surface area (Å²) in [7, 11) is 0. The van der Waals surface area contributed by atoms with E-state index in [0.717, 1.165) is 15.6 Å². The summed E-state index contributed by atoms with van der Waals surface area (Å²) in [6.45, 7) is 2.60. The van der Waals surface area contributed by atoms with E-state index >= 15 is 0 Å². The van der Waals surface area contributed by atoms with Crippen LogP contribution in [0.15, 0.2) is 27.0 Å². The van der Waals surface area contributed by atoms with Crippen LogP contribution in [-0.4, -0.2) is 6.67 Å². The SMILES string of the molecule is Cc1ccc(S)c2c1=NCN=2. The van der Waals surface area contributed by atoms with Crippen LogP contribution in [0.3, 0.4) is 0 Å². The molecule has 0 amide bonds. The number of aryl methyl sites for hydroxylation is 1. The summed E-state index contributed by atoms with van der Waals surface area (Å²) in [5.74, 6) is 0. The highest BCUT2D eigenvalue weighted by atomic mass is 32.1. The minimum atomic E-state index is 0.563. The van der Waals surface area contributed by atoms with E-state index in [4.69, 9.17) is 0 Å². The Morgan fingerprint density at radius 3 is 2.73 bits per heavy atom. The Bertz CT molecular complexity index is 370. The molecule has 0 radical (unpaired) electrons. The third-order valence-electron chi connectivity index (χ3n) is 1.79. The van der Waals surface area contributed by atoms with E-state index in [1.54, 1.807) is 0 Å². The number of fused-ring (bicyclic) bond motifs is 1. The van der Waals surface area contributed by atoms with Gasteiger partial charge < -0.3 is 0 Å². The fourth-order valence-corrected chi connectivity index (χ4v) is 1.45. The van der Waals surface area contributed by atoms with Crippen LogP contribution in [0.4, 0.5) is 0 Å². The van der Waals surface area contributed by atoms with Crippen LogP contribution in [-0.2, 0) is 0 Å². The summed E-state index contributed by atoms with van der Waals surface area (Å²) in [6.07, 6.45) is 0. The molecule has 0 unspecified atom stereocenters. The summed E-state index contributed by atoms with van der Waals surface area (Å²) >= 11 is 4.28. The summed E-state index contributed by atoms with van der Waals surface area (Å²) in [5, 5.41) is 1.96. The minimum Gasteiger partial charge on any atom is -0.259 e. The molecule has 2 nitrogen and oxygen atoms in total. The first-order chi connectivity index (χ1) is 5.29. The summed E-state index contributed by atoms with van der Waals surface area (Å²) in [6, 6.07) is 3.98. The fraction of sp³-hybridized carbons (Fsp3) is 0.250. The molecular weight excluding hydrogens is 156 g/mol. The van der Waals surface area contributed by atoms with Crippen molar-refractivity contribution < 1.29 is 0 Å². The maximum absolute atomic E-state index is 4.28. The molecular formula is C8H8N2S. The molecule has 11 heavy (non-hydrogen) atoms. The van der Waals surface area contributed by atoms with Crippen LogP contribution in [0.1, 0.15) is 5.56 Å². The van der Waals surface area contributed by atoms with Crippen LogP contribution in [0.25, 0.3) is 0 Å². The quantitative estimate of drug-likeness (QED) is 0.540. The lowest BCUT2D eigenvalue weighted by atomic mass is 10.2. The van der Waals surface area contributed by atoms with Crippen LogP contribution >= 0.6 is 12.6 Å². The summed E-state index contributed by atoms with van der Waals surface area (Å²) in [5.41, 5.74) is 1.18. The zero-order valence-electron chi connectivity index (χ0n) is 6.20. The van der Waals surface area contributed by atoms with Crippen molar-refractivity contribution in [3.05, 3.63) is 28.4 Å². The zero-order chi connectivity index (χ0) is 7.84. The van der Waals surface area contributed by atoms with Gasteiger partial charge in [0, 0.05) is 4.90 Å². The molecule has 1 aromatic carbocycles. The van der Waals surface area contributed by atoms with Crippen LogP contribution in [0.2, 0.25) is 0 Å². The third-order valence-corrected chi connectivity index (χ3v) is 2.15. The van der Waals surface area contributed by atoms with Gasteiger partial charge in [-0.3, -0.25) is 9.98 Å². The number of rotatable bonds is 0. The lowest BCUT2D eigenvalue weighted by Crippen LogP contribution is -2.25. The average molecular weight is 164 g/mol. The number of hydrogen-bond acceptors (Lipinski definition) is 3. The van der Waals surface area contributed by atoms with Gasteiger partial charge in [0.05, 0.1) is 10.7 Å². The molecule has 0 aromatic heterocycles. The molecule has 0 bridgehead atoms. The highest BCUT2D eigenvalue weighted by molar-refractivity contribution is 7.80. The second-order valence-electron chi connectivity index (χ2n) is 2.56. The molecule has 0 spiro atoms. The molecule has 1 aliphatic heterocycles. The van der Waals surface area contributed by atoms with Crippen molar-refractivity contribution >= 4 is 12.6 Å². The molecule has 0 saturated heterocycles. The van der Waals surface area contributed by atoms with Gasteiger partial charge in [-0.15, -0.1) is 12.6 Å². The first-order valence-electron chi connectivity index (χ1n) is 3.46. The molecule has 1 aliphatic rings. The lowest BCUT2D eigenvalue weighted by molar-refractivity contribution is 1.05. The predicted molar refractivity (Wildman–Crippen MR) is 45.6 cm³/mol. The molecule has 0 saturated carbocycles. The predicted octanol–water partition coefficient (Wildman–Crippen LogP) is 0.494. The number of nitrogens with zero attached hydrogens (tertiary/aromatic N) is 2. The van der Waals surface area contributed by atoms with Crippen LogP contribution in [0, 0.1) is 6.92 Å². The molecule has 0 aliphatic carbocycles. The molecule has 0 N–H and O–H groups in total. The monoisotopic (exact) mass is 164 g/mol. The second kappa shape index (κ2) is 2.34. The van der Waals surface area contributed by atoms with Crippen molar-refractivity contribution in [2.24, 2.45) is 9.98 Å². The summed E-state index contributed by atoms with van der Waals surface area (Å²) in [4.78, 5) is 9.38. The van der Waals surface area contributed by atoms with Gasteiger partial charge in [-0.1, -0.05) is 6.07 Å². The second-order valence-corrected chi connectivity index (χ2v) is 3.04. The number of benzene rings is 1. The standard InChI is InChI=1S/C8H8N2S/c1-5-2-3-6(11)8-7(5)9-4-10-8/h2-3,11H,4H2,1H3. The molecule has 1 aromatic rings. The fourth-order valence-electron chi connectivity index (χ4n) is 1.20. The topological polar surface area (TPSA) is 24.7 Å². The molecule has 0 atom stereocenters. The molecule has 1 heterocycles. The van der Waals surface area contributed by atoms with Gasteiger partial charge in [-0.25, -0.2) is 0 Å². The maximum Gasteiger partial charge on any atom is 0.130 e. The van der Waals surface area contributed by atoms with E-state index in [0.29, 0.717) is 6.67 Å². The Morgan fingerprint density at radius 1 is 1.27 bits per heavy atom. The highest BCUT2D eigenvalue weighted by Gasteiger charge is 2.01. The van der Waals surface area contributed by atoms with Gasteiger partial charge in [0.1, 0.15) is 6.67 Å². The van der Waals surface area contributed by atoms with Gasteiger partial charge in [0.2, 0.25) is 0 Å². The van der Waals surface area contributed by atoms with Crippen molar-refractivity contribution in [2.45, 2.75) is 11.8 Å². The van der Waals surface area contributed by atoms with Gasteiger partial charge in [-0.2, -0.15) is 0 Å². The normalized spacial score (nSPS) is 13.6. The summed E-state index contributed by atoms with van der Waals surface area (Å²) < 4.78 is 0. The van der Waals surface area contributed by atoms with E-state index in [9.17, 15) is 0 Å². The third kappa shape index (κ3) is 0.959. The molecule has 2 rings (SSSR count). The molecule has 3 heteroatoms. The first-order valence-corrected chi connectivity index (χ1v) is 3.91. The van der Waals surface area contributed by atoms with E-state index < -0.39 is 0 Å². The average Bonchev–Trinajstić information content (AvgIpc) is 2.45. The van der Waals surface area contributed by atoms with E-state index in [2.05, 4.69) is 22.6 Å². The van der Waals surface area contributed by atoms with Gasteiger partial charge in [0.25, 0.3) is 0 Å². The Hall–Kier alpha value is -0.830. The number of thiol groups is 1. The largest absolute Gasteiger partial charge is 0.259 e. The van der Waals surface area contributed by atoms with Gasteiger partial charge in [0.15, 0.2) is 0 Å². The Kier molecular flexibility index (Phi) is 1.46. The van der Waals surface area contributed by atoms with E-state index in [1.165, 1.54) is 5.56 Å². The Morgan fingerprint density at radius 2 is 2.00 bits per heavy atom. The van der Waals surface area contributed by atoms with Crippen molar-refractivity contribution in [2.75, 3.05) is 6.67 Å². The van der Waals surface area contributed by atoms with Crippen LogP contribution < -0.4 is 10.7 Å². The first kappa shape index (κ1) is 6.85. The Balaban J connectivity index is 2.98. The van der Waals surface area contributed by atoms with Gasteiger partial charge in [-0.05, 0) is 18.6 Å². The zero-order valence-corrected chi connectivity index (χ0v) is 7.10. The van der Waals surface area contributed by atoms with E-state index in [-0.39, 0.29) is 0 Å². The number of hydrogen-bond donors (Lipinski definition) is 1. The van der Waals surface area contributed by atoms with Crippen LogP contribution in [0.5, 0.6) is 0 Å². The molecule has 56 valence electrons. The minimum absolute atomic E-state index is 0.563. The molecule has 0 fully saturated rings. The van der Waals surface area contributed by atoms with Crippen molar-refractivity contribution in [3.63, 3.8) is 0 Å². The maximum atomic E-state index is 4.28. The van der Waals surface area contributed by atoms with Crippen molar-refractivity contribution in [1.82, 2.24) is 0 Å². The smallest absolute Gasteiger partial charge is 0.130 e. The van der Waals surface area contributed by atoms with Crippen molar-refractivity contribution in [1.29, 1.82) is 0 Å². The van der Waals surface area contributed by atoms with Gasteiger partial charge >= 0.3 is 0 Å².